The second-order valence-corrected chi connectivity index (χ2v) is 7.96. The number of hydrogen-bond acceptors (Lipinski definition) is 5. The molecule has 9 heteroatoms. The van der Waals surface area contributed by atoms with Crippen LogP contribution in [-0.4, -0.2) is 52.8 Å². The molecule has 0 bridgehead atoms. The zero-order chi connectivity index (χ0) is 19.8. The summed E-state index contributed by atoms with van der Waals surface area (Å²) in [6.45, 7) is 0.753. The number of rotatable bonds is 5. The molecule has 3 N–H and O–H groups in total. The Morgan fingerprint density at radius 2 is 2.04 bits per heavy atom. The molecule has 1 aromatic heterocycles. The van der Waals surface area contributed by atoms with Crippen LogP contribution in [0.15, 0.2) is 35.3 Å². The fraction of sp³-hybridized carbons (Fsp3) is 0.333. The van der Waals surface area contributed by atoms with E-state index in [0.717, 1.165) is 3.57 Å². The summed E-state index contributed by atoms with van der Waals surface area (Å²) < 4.78 is 16.2. The maximum absolute atomic E-state index is 14.2. The number of benzene rings is 1. The lowest BCUT2D eigenvalue weighted by molar-refractivity contribution is -0.0775. The standard InChI is InChI=1S/C18H20FIN4O3/c1-21-8-18(27)9-24(10-18)17(26)12-7-23(2)16(25)6-15(12)22-14-4-3-11(20)5-13(14)19/h3-7,21-22,27H,8-10H2,1-2H3. The number of likely N-dealkylation sites (tertiary alicyclic amines) is 1. The predicted octanol–water partition coefficient (Wildman–Crippen LogP) is 1.28. The summed E-state index contributed by atoms with van der Waals surface area (Å²) in [7, 11) is 3.27. The van der Waals surface area contributed by atoms with Crippen LogP contribution in [-0.2, 0) is 7.05 Å². The lowest BCUT2D eigenvalue weighted by Crippen LogP contribution is -2.67. The molecule has 1 amide bonds. The highest BCUT2D eigenvalue weighted by Crippen LogP contribution is 2.27. The first kappa shape index (κ1) is 19.8. The van der Waals surface area contributed by atoms with E-state index in [1.165, 1.54) is 27.8 Å². The van der Waals surface area contributed by atoms with Crippen LogP contribution in [0.1, 0.15) is 10.4 Å². The topological polar surface area (TPSA) is 86.6 Å². The van der Waals surface area contributed by atoms with Crippen molar-refractivity contribution in [2.24, 2.45) is 7.05 Å². The third-order valence-corrected chi connectivity index (χ3v) is 5.09. The van der Waals surface area contributed by atoms with Crippen LogP contribution in [0, 0.1) is 9.39 Å². The van der Waals surface area contributed by atoms with Gasteiger partial charge in [-0.2, -0.15) is 0 Å². The summed E-state index contributed by atoms with van der Waals surface area (Å²) in [6, 6.07) is 5.91. The SMILES string of the molecule is CNCC1(O)CN(C(=O)c2cn(C)c(=O)cc2Nc2ccc(I)cc2F)C1. The molecule has 1 saturated heterocycles. The van der Waals surface area contributed by atoms with Crippen LogP contribution in [0.4, 0.5) is 15.8 Å². The van der Waals surface area contributed by atoms with Crippen molar-refractivity contribution in [3.05, 3.63) is 55.8 Å². The van der Waals surface area contributed by atoms with Gasteiger partial charge >= 0.3 is 0 Å². The Labute approximate surface area is 169 Å². The maximum atomic E-state index is 14.2. The van der Waals surface area contributed by atoms with Crippen LogP contribution in [0.5, 0.6) is 0 Å². The summed E-state index contributed by atoms with van der Waals surface area (Å²) >= 11 is 2.00. The minimum atomic E-state index is -0.957. The predicted molar refractivity (Wildman–Crippen MR) is 109 cm³/mol. The van der Waals surface area contributed by atoms with Crippen molar-refractivity contribution < 1.29 is 14.3 Å². The fourth-order valence-corrected chi connectivity index (χ4v) is 3.51. The minimum absolute atomic E-state index is 0.174. The normalized spacial score (nSPS) is 15.4. The molecule has 0 saturated carbocycles. The van der Waals surface area contributed by atoms with Gasteiger partial charge in [-0.05, 0) is 47.8 Å². The summed E-state index contributed by atoms with van der Waals surface area (Å²) in [5.41, 5.74) is -0.641. The van der Waals surface area contributed by atoms with E-state index in [2.05, 4.69) is 10.6 Å². The number of carbonyl (C=O) groups is 1. The van der Waals surface area contributed by atoms with E-state index in [9.17, 15) is 19.1 Å². The van der Waals surface area contributed by atoms with Crippen LogP contribution < -0.4 is 16.2 Å². The molecule has 0 spiro atoms. The number of aromatic nitrogens is 1. The lowest BCUT2D eigenvalue weighted by Gasteiger charge is -2.46. The van der Waals surface area contributed by atoms with Gasteiger partial charge in [0.25, 0.3) is 11.5 Å². The Kier molecular flexibility index (Phi) is 5.54. The molecule has 2 heterocycles. The maximum Gasteiger partial charge on any atom is 0.257 e. The van der Waals surface area contributed by atoms with Crippen LogP contribution in [0.25, 0.3) is 0 Å². The van der Waals surface area contributed by atoms with Gasteiger partial charge in [0, 0.05) is 29.4 Å². The number of pyridine rings is 1. The molecule has 0 aliphatic carbocycles. The molecular formula is C18H20FIN4O3. The van der Waals surface area contributed by atoms with Gasteiger partial charge in [0.15, 0.2) is 0 Å². The monoisotopic (exact) mass is 486 g/mol. The zero-order valence-corrected chi connectivity index (χ0v) is 17.1. The molecule has 2 aromatic rings. The molecular weight excluding hydrogens is 466 g/mol. The molecule has 3 rings (SSSR count). The average Bonchev–Trinajstić information content (AvgIpc) is 2.57. The number of aryl methyl sites for hydroxylation is 1. The second kappa shape index (κ2) is 7.56. The Balaban J connectivity index is 1.90. The highest BCUT2D eigenvalue weighted by atomic mass is 127. The van der Waals surface area contributed by atoms with Crippen molar-refractivity contribution in [2.75, 3.05) is 32.0 Å². The minimum Gasteiger partial charge on any atom is -0.385 e. The quantitative estimate of drug-likeness (QED) is 0.555. The summed E-state index contributed by atoms with van der Waals surface area (Å²) in [4.78, 5) is 26.4. The molecule has 1 aliphatic heterocycles. The summed E-state index contributed by atoms with van der Waals surface area (Å²) in [6.07, 6.45) is 1.42. The molecule has 144 valence electrons. The highest BCUT2D eigenvalue weighted by molar-refractivity contribution is 14.1. The fourth-order valence-electron chi connectivity index (χ4n) is 3.06. The number of anilines is 2. The number of β-amino-alcohol motifs (C(OH)–C–C–N with tert-alkyl or cyclic N) is 1. The van der Waals surface area contributed by atoms with E-state index < -0.39 is 11.4 Å². The third kappa shape index (κ3) is 4.14. The number of hydrogen-bond donors (Lipinski definition) is 3. The zero-order valence-electron chi connectivity index (χ0n) is 14.9. The van der Waals surface area contributed by atoms with Gasteiger partial charge in [0.2, 0.25) is 0 Å². The Bertz CT molecular complexity index is 941. The van der Waals surface area contributed by atoms with E-state index in [1.54, 1.807) is 26.2 Å². The number of nitrogens with zero attached hydrogens (tertiary/aromatic N) is 2. The van der Waals surface area contributed by atoms with Gasteiger partial charge < -0.3 is 25.2 Å². The van der Waals surface area contributed by atoms with Gasteiger partial charge in [-0.15, -0.1) is 0 Å². The van der Waals surface area contributed by atoms with Crippen molar-refractivity contribution in [1.82, 2.24) is 14.8 Å². The first-order valence-electron chi connectivity index (χ1n) is 8.31. The Morgan fingerprint density at radius 1 is 1.33 bits per heavy atom. The molecule has 1 fully saturated rings. The first-order chi connectivity index (χ1) is 12.7. The number of aliphatic hydroxyl groups is 1. The third-order valence-electron chi connectivity index (χ3n) is 4.42. The second-order valence-electron chi connectivity index (χ2n) is 6.71. The van der Waals surface area contributed by atoms with E-state index in [1.807, 2.05) is 22.6 Å². The molecule has 27 heavy (non-hydrogen) atoms. The van der Waals surface area contributed by atoms with Crippen LogP contribution in [0.2, 0.25) is 0 Å². The first-order valence-corrected chi connectivity index (χ1v) is 9.39. The van der Waals surface area contributed by atoms with E-state index >= 15 is 0 Å². The van der Waals surface area contributed by atoms with E-state index in [0.29, 0.717) is 6.54 Å². The van der Waals surface area contributed by atoms with Crippen LogP contribution in [0.3, 0.4) is 0 Å². The molecule has 1 aromatic carbocycles. The molecule has 7 nitrogen and oxygen atoms in total. The lowest BCUT2D eigenvalue weighted by atomic mass is 9.93. The largest absolute Gasteiger partial charge is 0.385 e. The van der Waals surface area contributed by atoms with Gasteiger partial charge in [0.1, 0.15) is 11.4 Å². The number of likely N-dealkylation sites (N-methyl/N-ethyl adjacent to an activating group) is 1. The number of nitrogens with one attached hydrogen (secondary N) is 2. The van der Waals surface area contributed by atoms with E-state index in [4.69, 9.17) is 0 Å². The molecule has 0 radical (unpaired) electrons. The van der Waals surface area contributed by atoms with Gasteiger partial charge in [-0.3, -0.25) is 9.59 Å². The van der Waals surface area contributed by atoms with Gasteiger partial charge in [0.05, 0.1) is 30.0 Å². The highest BCUT2D eigenvalue weighted by Gasteiger charge is 2.43. The van der Waals surface area contributed by atoms with Crippen molar-refractivity contribution in [1.29, 1.82) is 0 Å². The summed E-state index contributed by atoms with van der Waals surface area (Å²) in [5, 5.41) is 16.0. The average molecular weight is 486 g/mol. The van der Waals surface area contributed by atoms with Crippen molar-refractivity contribution >= 4 is 39.9 Å². The van der Waals surface area contributed by atoms with Crippen molar-refractivity contribution in [3.63, 3.8) is 0 Å². The van der Waals surface area contributed by atoms with Crippen molar-refractivity contribution in [2.45, 2.75) is 5.60 Å². The molecule has 1 aliphatic rings. The Morgan fingerprint density at radius 3 is 2.67 bits per heavy atom. The number of amides is 1. The van der Waals surface area contributed by atoms with Gasteiger partial charge in [-0.25, -0.2) is 4.39 Å². The van der Waals surface area contributed by atoms with E-state index in [-0.39, 0.29) is 41.5 Å². The van der Waals surface area contributed by atoms with Crippen LogP contribution >= 0.6 is 22.6 Å². The Hall–Kier alpha value is -1.98. The summed E-state index contributed by atoms with van der Waals surface area (Å²) in [5.74, 6) is -0.812. The molecule has 0 unspecified atom stereocenters. The van der Waals surface area contributed by atoms with Crippen molar-refractivity contribution in [3.8, 4) is 0 Å². The smallest absolute Gasteiger partial charge is 0.257 e. The number of halogens is 2. The molecule has 0 atom stereocenters. The number of carbonyl (C=O) groups excluding carboxylic acids is 1. The van der Waals surface area contributed by atoms with Gasteiger partial charge in [-0.1, -0.05) is 0 Å².